The van der Waals surface area contributed by atoms with Crippen molar-refractivity contribution in [3.63, 3.8) is 0 Å². The molecule has 0 amide bonds. The normalized spacial score (nSPS) is 28.7. The lowest BCUT2D eigenvalue weighted by Gasteiger charge is -2.50. The summed E-state index contributed by atoms with van der Waals surface area (Å²) in [7, 11) is 7.33. The lowest BCUT2D eigenvalue weighted by atomic mass is 9.87. The number of carbonyl (C=O) groups is 1. The van der Waals surface area contributed by atoms with Gasteiger partial charge < -0.3 is 32.6 Å². The molecule has 3 aromatic rings. The molecule has 3 aromatic carbocycles. The number of hydrogen-bond acceptors (Lipinski definition) is 9. The van der Waals surface area contributed by atoms with Gasteiger partial charge in [0, 0.05) is 23.7 Å². The summed E-state index contributed by atoms with van der Waals surface area (Å²) in [6.45, 7) is 14.3. The van der Waals surface area contributed by atoms with E-state index >= 15 is 0 Å². The molecule has 11 nitrogen and oxygen atoms in total. The zero-order valence-electron chi connectivity index (χ0n) is 32.8. The lowest BCUT2D eigenvalue weighted by molar-refractivity contribution is -0.310. The number of ether oxygens (including phenoxy) is 5. The minimum absolute atomic E-state index is 0.0885. The molecule has 0 spiro atoms. The minimum atomic E-state index is -2.99. The van der Waals surface area contributed by atoms with Gasteiger partial charge in [0.1, 0.15) is 40.0 Å². The van der Waals surface area contributed by atoms with Crippen LogP contribution >= 0.6 is 7.91 Å². The average Bonchev–Trinajstić information content (AvgIpc) is 3.16. The van der Waals surface area contributed by atoms with Crippen LogP contribution < -0.4 is 10.4 Å². The SMILES string of the molecule is [B]P([B])O[C@@H]1C(N=[N+]=[N-])[C@@H](O[C@@H]2C(COC(C)=O)OC(C)C(C)[C@@H]2OCc2ccccc2)OC(CO[Si](c2ccccc2)(c2ccccc2)C(C)(C)C)[C@H]1C. The molecule has 0 saturated carbocycles. The van der Waals surface area contributed by atoms with E-state index in [1.165, 1.54) is 6.92 Å². The highest BCUT2D eigenvalue weighted by molar-refractivity contribution is 7.97. The van der Waals surface area contributed by atoms with Crippen LogP contribution in [0.25, 0.3) is 10.4 Å². The van der Waals surface area contributed by atoms with Crippen LogP contribution in [0, 0.1) is 11.8 Å². The van der Waals surface area contributed by atoms with Crippen LogP contribution in [0.4, 0.5) is 0 Å². The van der Waals surface area contributed by atoms with Crippen LogP contribution in [0.15, 0.2) is 96.1 Å². The first kappa shape index (κ1) is 43.1. The van der Waals surface area contributed by atoms with E-state index in [2.05, 4.69) is 55.1 Å². The second-order valence-electron chi connectivity index (χ2n) is 15.4. The highest BCUT2D eigenvalue weighted by atomic mass is 31.1. The quantitative estimate of drug-likeness (QED) is 0.0426. The van der Waals surface area contributed by atoms with Crippen molar-refractivity contribution in [1.29, 1.82) is 0 Å². The molecule has 5 unspecified atom stereocenters. The largest absolute Gasteiger partial charge is 0.463 e. The molecule has 290 valence electrons. The molecule has 2 fully saturated rings. The predicted octanol–water partition coefficient (Wildman–Crippen LogP) is 6.51. The smallest absolute Gasteiger partial charge is 0.302 e. The molecule has 2 heterocycles. The minimum Gasteiger partial charge on any atom is -0.463 e. The van der Waals surface area contributed by atoms with Gasteiger partial charge in [0.15, 0.2) is 6.29 Å². The summed E-state index contributed by atoms with van der Waals surface area (Å²) < 4.78 is 45.8. The van der Waals surface area contributed by atoms with Crippen molar-refractivity contribution < 1.29 is 37.4 Å². The van der Waals surface area contributed by atoms with Gasteiger partial charge in [-0.3, -0.25) is 4.79 Å². The molecule has 0 bridgehead atoms. The van der Waals surface area contributed by atoms with Crippen molar-refractivity contribution in [2.75, 3.05) is 13.2 Å². The fourth-order valence-corrected chi connectivity index (χ4v) is 12.9. The van der Waals surface area contributed by atoms with E-state index in [0.29, 0.717) is 6.61 Å². The molecular weight excluding hydrogens is 731 g/mol. The summed E-state index contributed by atoms with van der Waals surface area (Å²) in [6, 6.07) is 29.5. The topological polar surface area (TPSA) is 130 Å². The number of rotatable bonds is 15. The number of carbonyl (C=O) groups excluding carboxylic acids is 1. The first-order chi connectivity index (χ1) is 26.3. The molecule has 2 aliphatic heterocycles. The zero-order valence-corrected chi connectivity index (χ0v) is 34.7. The van der Waals surface area contributed by atoms with Crippen LogP contribution in [0.1, 0.15) is 54.0 Å². The third kappa shape index (κ3) is 10.3. The second kappa shape index (κ2) is 19.4. The number of nitrogens with zero attached hydrogens (tertiary/aromatic N) is 3. The van der Waals surface area contributed by atoms with Crippen molar-refractivity contribution in [3.8, 4) is 0 Å². The number of esters is 1. The van der Waals surface area contributed by atoms with Crippen LogP contribution in [-0.2, 0) is 44.0 Å². The maximum atomic E-state index is 12.0. The summed E-state index contributed by atoms with van der Waals surface area (Å²) >= 11 is 0. The third-order valence-corrected chi connectivity index (χ3v) is 16.2. The third-order valence-electron chi connectivity index (χ3n) is 10.7. The van der Waals surface area contributed by atoms with E-state index in [1.807, 2.05) is 87.5 Å². The van der Waals surface area contributed by atoms with Crippen molar-refractivity contribution in [2.24, 2.45) is 17.0 Å². The molecule has 2 saturated heterocycles. The number of azide groups is 1. The summed E-state index contributed by atoms with van der Waals surface area (Å²) in [5.41, 5.74) is 10.8. The lowest BCUT2D eigenvalue weighted by Crippen LogP contribution is -2.68. The Morgan fingerprint density at radius 2 is 1.42 bits per heavy atom. The van der Waals surface area contributed by atoms with Crippen LogP contribution in [0.5, 0.6) is 0 Å². The zero-order chi connectivity index (χ0) is 39.8. The van der Waals surface area contributed by atoms with E-state index < -0.39 is 71.0 Å². The average molecular weight is 784 g/mol. The Morgan fingerprint density at radius 3 is 1.95 bits per heavy atom. The van der Waals surface area contributed by atoms with E-state index in [-0.39, 0.29) is 30.3 Å². The van der Waals surface area contributed by atoms with Gasteiger partial charge in [0.25, 0.3) is 8.32 Å². The highest BCUT2D eigenvalue weighted by Gasteiger charge is 2.54. The summed E-state index contributed by atoms with van der Waals surface area (Å²) in [4.78, 5) is 15.2. The molecule has 0 N–H and O–H groups in total. The second-order valence-corrected chi connectivity index (χ2v) is 20.6. The van der Waals surface area contributed by atoms with Gasteiger partial charge in [-0.2, -0.15) is 0 Å². The molecule has 10 atom stereocenters. The maximum absolute atomic E-state index is 12.0. The Kier molecular flexibility index (Phi) is 15.2. The molecule has 55 heavy (non-hydrogen) atoms. The van der Waals surface area contributed by atoms with Gasteiger partial charge in [0.05, 0.1) is 37.6 Å². The van der Waals surface area contributed by atoms with Crippen LogP contribution in [0.3, 0.4) is 0 Å². The fraction of sp³-hybridized carbons (Fsp3) is 0.525. The fourth-order valence-electron chi connectivity index (χ4n) is 7.73. The number of hydrogen-bond donors (Lipinski definition) is 0. The van der Waals surface area contributed by atoms with Crippen LogP contribution in [0.2, 0.25) is 5.04 Å². The number of benzene rings is 3. The first-order valence-corrected chi connectivity index (χ1v) is 22.1. The molecule has 15 heteroatoms. The molecule has 0 aliphatic carbocycles. The predicted molar refractivity (Wildman–Crippen MR) is 218 cm³/mol. The van der Waals surface area contributed by atoms with E-state index in [0.717, 1.165) is 15.9 Å². The van der Waals surface area contributed by atoms with Crippen molar-refractivity contribution in [1.82, 2.24) is 0 Å². The van der Waals surface area contributed by atoms with Crippen molar-refractivity contribution in [2.45, 2.75) is 109 Å². The molecule has 0 aromatic heterocycles. The van der Waals surface area contributed by atoms with Gasteiger partial charge >= 0.3 is 5.97 Å². The Balaban J connectivity index is 1.53. The summed E-state index contributed by atoms with van der Waals surface area (Å²) in [6.07, 6.45) is -4.93. The molecule has 4 radical (unpaired) electrons. The van der Waals surface area contributed by atoms with Crippen LogP contribution in [-0.4, -0.2) is 91.6 Å². The summed E-state index contributed by atoms with van der Waals surface area (Å²) in [5, 5.41) is 6.09. The Hall–Kier alpha value is -3.02. The van der Waals surface area contributed by atoms with Gasteiger partial charge in [0.2, 0.25) is 0 Å². The van der Waals surface area contributed by atoms with Crippen molar-refractivity contribution in [3.05, 3.63) is 107 Å². The molecular formula is C40H52B2N3O8PSi. The van der Waals surface area contributed by atoms with Crippen molar-refractivity contribution >= 4 is 47.7 Å². The van der Waals surface area contributed by atoms with Gasteiger partial charge in [-0.1, -0.05) is 139 Å². The first-order valence-electron chi connectivity index (χ1n) is 18.8. The van der Waals surface area contributed by atoms with Gasteiger partial charge in [-0.25, -0.2) is 0 Å². The van der Waals surface area contributed by atoms with Gasteiger partial charge in [-0.15, -0.1) is 0 Å². The van der Waals surface area contributed by atoms with E-state index in [9.17, 15) is 10.3 Å². The highest BCUT2D eigenvalue weighted by Crippen LogP contribution is 2.42. The molecule has 5 rings (SSSR count). The van der Waals surface area contributed by atoms with Gasteiger partial charge in [-0.05, 0) is 33.4 Å². The Bertz CT molecular complexity index is 1670. The van der Waals surface area contributed by atoms with E-state index in [4.69, 9.17) is 47.8 Å². The van der Waals surface area contributed by atoms with E-state index in [1.54, 1.807) is 0 Å². The standard InChI is InChI=1S/C40H52B2N3O8PSi/c1-26-28(3)50-34(24-47-29(4)46)38(37(26)48-23-30-17-11-8-12-18-30)52-39-35(44-45-43)36(53-54(41)42)27(2)33(51-39)25-49-55(40(5,6)7,31-19-13-9-14-20-31)32-21-15-10-16-22-32/h8-22,26-28,33-39H,23-25H2,1-7H3/t26?,27-,28?,33?,34?,35?,36+,37+,38-,39-/m1/s1. The molecule has 2 aliphatic rings. The maximum Gasteiger partial charge on any atom is 0.302 e. The monoisotopic (exact) mass is 783 g/mol. The summed E-state index contributed by atoms with van der Waals surface area (Å²) in [5.74, 6) is -1.00. The Morgan fingerprint density at radius 1 is 0.836 bits per heavy atom. The Labute approximate surface area is 330 Å².